The van der Waals surface area contributed by atoms with Crippen molar-refractivity contribution < 1.29 is 17.9 Å². The van der Waals surface area contributed by atoms with Gasteiger partial charge in [-0.3, -0.25) is 0 Å². The predicted octanol–water partition coefficient (Wildman–Crippen LogP) is 2.38. The fourth-order valence-electron chi connectivity index (χ4n) is 1.83. The number of sulfonamides is 1. The molecule has 1 aromatic carbocycles. The van der Waals surface area contributed by atoms with Crippen molar-refractivity contribution in [3.05, 3.63) is 58.0 Å². The summed E-state index contributed by atoms with van der Waals surface area (Å²) < 4.78 is 38.4. The number of rotatable bonds is 6. The Morgan fingerprint density at radius 2 is 1.95 bits per heavy atom. The predicted molar refractivity (Wildman–Crippen MR) is 80.9 cm³/mol. The highest BCUT2D eigenvalue weighted by molar-refractivity contribution is 7.88. The third-order valence-electron chi connectivity index (χ3n) is 3.04. The van der Waals surface area contributed by atoms with Gasteiger partial charge >= 0.3 is 0 Å². The van der Waals surface area contributed by atoms with Crippen LogP contribution in [0.3, 0.4) is 0 Å². The first kappa shape index (κ1) is 16.1. The highest BCUT2D eigenvalue weighted by Crippen LogP contribution is 2.21. The molecule has 0 spiro atoms. The average Bonchev–Trinajstić information content (AvgIpc) is 2.95. The van der Waals surface area contributed by atoms with Crippen LogP contribution in [0.15, 0.2) is 41.8 Å². The van der Waals surface area contributed by atoms with E-state index >= 15 is 0 Å². The highest BCUT2D eigenvalue weighted by atomic mass is 32.2. The Kier molecular flexibility index (Phi) is 5.10. The molecule has 0 aliphatic heterocycles. The van der Waals surface area contributed by atoms with Gasteiger partial charge in [-0.2, -0.15) is 0 Å². The van der Waals surface area contributed by atoms with Crippen LogP contribution < -0.4 is 0 Å². The number of likely N-dealkylation sites (N-methyl/N-ethyl adjacent to an activating group) is 1. The van der Waals surface area contributed by atoms with Crippen LogP contribution in [-0.2, 0) is 15.8 Å². The molecule has 0 bridgehead atoms. The zero-order valence-corrected chi connectivity index (χ0v) is 13.1. The third-order valence-corrected chi connectivity index (χ3v) is 5.81. The average molecular weight is 329 g/mol. The van der Waals surface area contributed by atoms with Gasteiger partial charge in [0.1, 0.15) is 11.9 Å². The Bertz CT molecular complexity index is 669. The molecule has 0 radical (unpaired) electrons. The summed E-state index contributed by atoms with van der Waals surface area (Å²) in [4.78, 5) is 0.721. The monoisotopic (exact) mass is 329 g/mol. The van der Waals surface area contributed by atoms with Crippen LogP contribution >= 0.6 is 11.3 Å². The zero-order chi connectivity index (χ0) is 15.5. The van der Waals surface area contributed by atoms with E-state index in [1.54, 1.807) is 12.1 Å². The molecule has 7 heteroatoms. The molecular weight excluding hydrogens is 313 g/mol. The highest BCUT2D eigenvalue weighted by Gasteiger charge is 2.22. The summed E-state index contributed by atoms with van der Waals surface area (Å²) in [5.74, 6) is -0.626. The van der Waals surface area contributed by atoms with Gasteiger partial charge in [0.05, 0.1) is 5.75 Å². The summed E-state index contributed by atoms with van der Waals surface area (Å²) in [7, 11) is -2.13. The molecule has 1 aromatic heterocycles. The third kappa shape index (κ3) is 4.34. The molecule has 0 saturated carbocycles. The summed E-state index contributed by atoms with van der Waals surface area (Å²) in [6.45, 7) is -0.00988. The van der Waals surface area contributed by atoms with Crippen LogP contribution in [0.25, 0.3) is 0 Å². The van der Waals surface area contributed by atoms with Gasteiger partial charge in [-0.1, -0.05) is 18.2 Å². The number of nitrogens with zero attached hydrogens (tertiary/aromatic N) is 1. The molecule has 1 atom stereocenters. The van der Waals surface area contributed by atoms with Gasteiger partial charge in [-0.15, -0.1) is 11.3 Å². The molecule has 0 aliphatic carbocycles. The van der Waals surface area contributed by atoms with Crippen molar-refractivity contribution in [1.29, 1.82) is 0 Å². The van der Waals surface area contributed by atoms with E-state index in [9.17, 15) is 17.9 Å². The lowest BCUT2D eigenvalue weighted by molar-refractivity contribution is 0.158. The Morgan fingerprint density at radius 1 is 1.29 bits per heavy atom. The van der Waals surface area contributed by atoms with E-state index in [4.69, 9.17) is 0 Å². The molecule has 4 nitrogen and oxygen atoms in total. The van der Waals surface area contributed by atoms with Crippen LogP contribution in [0.1, 0.15) is 16.5 Å². The van der Waals surface area contributed by atoms with Gasteiger partial charge in [-0.05, 0) is 29.1 Å². The van der Waals surface area contributed by atoms with Gasteiger partial charge in [0.2, 0.25) is 10.0 Å². The Hall–Kier alpha value is -1.28. The van der Waals surface area contributed by atoms with E-state index in [2.05, 4.69) is 0 Å². The molecule has 0 fully saturated rings. The number of benzene rings is 1. The topological polar surface area (TPSA) is 57.6 Å². The van der Waals surface area contributed by atoms with Crippen molar-refractivity contribution in [3.63, 3.8) is 0 Å². The van der Waals surface area contributed by atoms with Crippen LogP contribution in [0, 0.1) is 5.82 Å². The molecule has 2 aromatic rings. The summed E-state index contributed by atoms with van der Waals surface area (Å²) in [5, 5.41) is 11.8. The Morgan fingerprint density at radius 3 is 2.52 bits per heavy atom. The molecular formula is C14H16FNO3S2. The number of aliphatic hydroxyl groups is 1. The second-order valence-electron chi connectivity index (χ2n) is 4.69. The van der Waals surface area contributed by atoms with E-state index < -0.39 is 21.9 Å². The molecule has 1 N–H and O–H groups in total. The lowest BCUT2D eigenvalue weighted by Crippen LogP contribution is -2.32. The number of hydrogen-bond donors (Lipinski definition) is 1. The summed E-state index contributed by atoms with van der Waals surface area (Å²) in [5.41, 5.74) is 0.508. The molecule has 21 heavy (non-hydrogen) atoms. The van der Waals surface area contributed by atoms with E-state index in [-0.39, 0.29) is 12.3 Å². The minimum absolute atomic E-state index is 0.00988. The first-order chi connectivity index (χ1) is 9.88. The standard InChI is InChI=1S/C14H16FNO3S2/c1-16(9-13(17)14-3-2-8-20-14)21(18,19)10-11-4-6-12(15)7-5-11/h2-8,13,17H,9-10H2,1H3. The van der Waals surface area contributed by atoms with Crippen LogP contribution in [0.2, 0.25) is 0 Å². The van der Waals surface area contributed by atoms with Crippen molar-refractivity contribution in [2.45, 2.75) is 11.9 Å². The second-order valence-corrected chi connectivity index (χ2v) is 7.75. The summed E-state index contributed by atoms with van der Waals surface area (Å²) >= 11 is 1.38. The van der Waals surface area contributed by atoms with E-state index in [1.165, 1.54) is 42.6 Å². The normalized spacial score (nSPS) is 13.5. The lowest BCUT2D eigenvalue weighted by atomic mass is 10.2. The van der Waals surface area contributed by atoms with Crippen LogP contribution in [0.5, 0.6) is 0 Å². The van der Waals surface area contributed by atoms with Crippen molar-refractivity contribution in [3.8, 4) is 0 Å². The number of thiophene rings is 1. The maximum absolute atomic E-state index is 12.8. The molecule has 2 rings (SSSR count). The van der Waals surface area contributed by atoms with Gasteiger partial charge in [0.15, 0.2) is 0 Å². The molecule has 114 valence electrons. The van der Waals surface area contributed by atoms with Gasteiger partial charge < -0.3 is 5.11 Å². The fourth-order valence-corrected chi connectivity index (χ4v) is 3.73. The molecule has 1 unspecified atom stereocenters. The minimum Gasteiger partial charge on any atom is -0.386 e. The zero-order valence-electron chi connectivity index (χ0n) is 11.4. The fraction of sp³-hybridized carbons (Fsp3) is 0.286. The SMILES string of the molecule is CN(CC(O)c1cccs1)S(=O)(=O)Cc1ccc(F)cc1. The van der Waals surface area contributed by atoms with E-state index in [1.807, 2.05) is 5.38 Å². The number of aliphatic hydroxyl groups excluding tert-OH is 1. The van der Waals surface area contributed by atoms with E-state index in [0.29, 0.717) is 5.56 Å². The van der Waals surface area contributed by atoms with Crippen LogP contribution in [0.4, 0.5) is 4.39 Å². The largest absolute Gasteiger partial charge is 0.386 e. The van der Waals surface area contributed by atoms with Crippen molar-refractivity contribution in [2.24, 2.45) is 0 Å². The van der Waals surface area contributed by atoms with Crippen molar-refractivity contribution >= 4 is 21.4 Å². The quantitative estimate of drug-likeness (QED) is 0.885. The van der Waals surface area contributed by atoms with Gasteiger partial charge in [-0.25, -0.2) is 17.1 Å². The molecule has 0 saturated heterocycles. The first-order valence-electron chi connectivity index (χ1n) is 6.28. The summed E-state index contributed by atoms with van der Waals surface area (Å²) in [6, 6.07) is 8.90. The minimum atomic E-state index is -3.56. The summed E-state index contributed by atoms with van der Waals surface area (Å²) in [6.07, 6.45) is -0.849. The van der Waals surface area contributed by atoms with Crippen molar-refractivity contribution in [1.82, 2.24) is 4.31 Å². The van der Waals surface area contributed by atoms with Gasteiger partial charge in [0, 0.05) is 18.5 Å². The van der Waals surface area contributed by atoms with Crippen molar-refractivity contribution in [2.75, 3.05) is 13.6 Å². The Balaban J connectivity index is 2.03. The number of hydrogen-bond acceptors (Lipinski definition) is 4. The lowest BCUT2D eigenvalue weighted by Gasteiger charge is -2.20. The van der Waals surface area contributed by atoms with Gasteiger partial charge in [0.25, 0.3) is 0 Å². The maximum atomic E-state index is 12.8. The first-order valence-corrected chi connectivity index (χ1v) is 8.77. The van der Waals surface area contributed by atoms with E-state index in [0.717, 1.165) is 9.18 Å². The van der Waals surface area contributed by atoms with Crippen LogP contribution in [-0.4, -0.2) is 31.4 Å². The Labute approximate surface area is 127 Å². The maximum Gasteiger partial charge on any atom is 0.218 e. The second kappa shape index (κ2) is 6.65. The molecule has 1 heterocycles. The number of halogens is 1. The smallest absolute Gasteiger partial charge is 0.218 e. The molecule has 0 amide bonds. The molecule has 0 aliphatic rings.